The zero-order valence-electron chi connectivity index (χ0n) is 17.0. The van der Waals surface area contributed by atoms with Crippen LogP contribution in [0.25, 0.3) is 11.2 Å². The van der Waals surface area contributed by atoms with Gasteiger partial charge in [0, 0.05) is 30.1 Å². The highest BCUT2D eigenvalue weighted by atomic mass is 79.9. The van der Waals surface area contributed by atoms with Gasteiger partial charge in [0.25, 0.3) is 0 Å². The Kier molecular flexibility index (Phi) is 6.64. The Balaban J connectivity index is 1.35. The molecule has 0 radical (unpaired) electrons. The number of rotatable bonds is 8. The standard InChI is InChI=1S/C22H26BrN5O2/c1-30-17-6-4-15(5-7-17)19(28-10-2-3-11-28)14-24-21(29)9-8-20-26-18-12-16(23)13-25-22(18)27-20/h4-7,12-13,19H,2-3,8-11,14H2,1H3,(H,24,29)(H,25,26,27). The molecule has 0 bridgehead atoms. The quantitative estimate of drug-likeness (QED) is 0.524. The number of carbonyl (C=O) groups excluding carboxylic acids is 1. The number of amides is 1. The van der Waals surface area contributed by atoms with Gasteiger partial charge >= 0.3 is 0 Å². The molecule has 1 fully saturated rings. The van der Waals surface area contributed by atoms with Gasteiger partial charge in [-0.25, -0.2) is 9.97 Å². The van der Waals surface area contributed by atoms with Crippen molar-refractivity contribution < 1.29 is 9.53 Å². The number of H-pyrrole nitrogens is 1. The molecule has 1 saturated heterocycles. The summed E-state index contributed by atoms with van der Waals surface area (Å²) in [6.07, 6.45) is 5.07. The molecule has 4 rings (SSSR count). The lowest BCUT2D eigenvalue weighted by Crippen LogP contribution is -2.36. The third-order valence-corrected chi connectivity index (χ3v) is 5.95. The van der Waals surface area contributed by atoms with Gasteiger partial charge in [0.15, 0.2) is 5.65 Å². The second-order valence-electron chi connectivity index (χ2n) is 7.54. The third-order valence-electron chi connectivity index (χ3n) is 5.52. The summed E-state index contributed by atoms with van der Waals surface area (Å²) in [6.45, 7) is 2.72. The minimum atomic E-state index is 0.0299. The molecule has 1 unspecified atom stereocenters. The van der Waals surface area contributed by atoms with Gasteiger partial charge in [-0.05, 0) is 65.6 Å². The minimum Gasteiger partial charge on any atom is -0.497 e. The lowest BCUT2D eigenvalue weighted by atomic mass is 10.1. The van der Waals surface area contributed by atoms with Crippen LogP contribution in [0.2, 0.25) is 0 Å². The third kappa shape index (κ3) is 4.99. The average Bonchev–Trinajstić information content (AvgIpc) is 3.42. The molecule has 3 aromatic rings. The number of benzene rings is 1. The van der Waals surface area contributed by atoms with Crippen LogP contribution in [0.3, 0.4) is 0 Å². The van der Waals surface area contributed by atoms with Crippen LogP contribution in [0.4, 0.5) is 0 Å². The average molecular weight is 472 g/mol. The SMILES string of the molecule is COc1ccc(C(CNC(=O)CCc2nc3ncc(Br)cc3[nH]2)N2CCCC2)cc1. The van der Waals surface area contributed by atoms with Crippen LogP contribution in [-0.4, -0.2) is 52.5 Å². The molecule has 158 valence electrons. The second-order valence-corrected chi connectivity index (χ2v) is 8.46. The van der Waals surface area contributed by atoms with Crippen molar-refractivity contribution in [2.24, 2.45) is 0 Å². The Morgan fingerprint density at radius 2 is 2.07 bits per heavy atom. The van der Waals surface area contributed by atoms with Gasteiger partial charge in [-0.1, -0.05) is 12.1 Å². The Labute approximate surface area is 184 Å². The van der Waals surface area contributed by atoms with Crippen molar-refractivity contribution in [3.63, 3.8) is 0 Å². The predicted molar refractivity (Wildman–Crippen MR) is 119 cm³/mol. The Morgan fingerprint density at radius 1 is 1.30 bits per heavy atom. The van der Waals surface area contributed by atoms with Crippen LogP contribution in [0.15, 0.2) is 41.0 Å². The summed E-state index contributed by atoms with van der Waals surface area (Å²) in [6, 6.07) is 10.3. The van der Waals surface area contributed by atoms with Crippen molar-refractivity contribution in [1.29, 1.82) is 0 Å². The van der Waals surface area contributed by atoms with Crippen molar-refractivity contribution in [2.45, 2.75) is 31.7 Å². The number of likely N-dealkylation sites (tertiary alicyclic amines) is 1. The first-order valence-corrected chi connectivity index (χ1v) is 11.1. The van der Waals surface area contributed by atoms with Gasteiger partial charge in [-0.2, -0.15) is 0 Å². The normalized spacial score (nSPS) is 15.4. The monoisotopic (exact) mass is 471 g/mol. The molecular formula is C22H26BrN5O2. The highest BCUT2D eigenvalue weighted by molar-refractivity contribution is 9.10. The number of pyridine rings is 1. The number of methoxy groups -OCH3 is 1. The summed E-state index contributed by atoms with van der Waals surface area (Å²) in [5.41, 5.74) is 2.74. The lowest BCUT2D eigenvalue weighted by Gasteiger charge is -2.28. The van der Waals surface area contributed by atoms with Gasteiger partial charge in [0.2, 0.25) is 5.91 Å². The van der Waals surface area contributed by atoms with Gasteiger partial charge in [0.05, 0.1) is 18.7 Å². The number of carbonyl (C=O) groups is 1. The van der Waals surface area contributed by atoms with E-state index in [9.17, 15) is 4.79 Å². The smallest absolute Gasteiger partial charge is 0.220 e. The molecule has 30 heavy (non-hydrogen) atoms. The number of aryl methyl sites for hydroxylation is 1. The van der Waals surface area contributed by atoms with Gasteiger partial charge in [-0.3, -0.25) is 9.69 Å². The number of fused-ring (bicyclic) bond motifs is 1. The second kappa shape index (κ2) is 9.57. The van der Waals surface area contributed by atoms with Gasteiger partial charge in [0.1, 0.15) is 11.6 Å². The van der Waals surface area contributed by atoms with Crippen molar-refractivity contribution in [1.82, 2.24) is 25.2 Å². The molecule has 0 saturated carbocycles. The topological polar surface area (TPSA) is 83.1 Å². The molecule has 3 heterocycles. The fourth-order valence-electron chi connectivity index (χ4n) is 3.91. The van der Waals surface area contributed by atoms with E-state index in [1.54, 1.807) is 13.3 Å². The summed E-state index contributed by atoms with van der Waals surface area (Å²) in [7, 11) is 1.67. The summed E-state index contributed by atoms with van der Waals surface area (Å²) < 4.78 is 6.17. The van der Waals surface area contributed by atoms with Crippen molar-refractivity contribution in [2.75, 3.05) is 26.7 Å². The maximum Gasteiger partial charge on any atom is 0.220 e. The summed E-state index contributed by atoms with van der Waals surface area (Å²) in [5, 5.41) is 3.12. The van der Waals surface area contributed by atoms with Crippen LogP contribution in [0.1, 0.15) is 36.7 Å². The number of ether oxygens (including phenoxy) is 1. The molecule has 1 atom stereocenters. The van der Waals surface area contributed by atoms with Gasteiger partial charge < -0.3 is 15.0 Å². The molecule has 1 aliphatic heterocycles. The number of aromatic amines is 1. The Morgan fingerprint density at radius 3 is 2.80 bits per heavy atom. The van der Waals surface area contributed by atoms with E-state index in [-0.39, 0.29) is 11.9 Å². The highest BCUT2D eigenvalue weighted by Crippen LogP contribution is 2.26. The van der Waals surface area contributed by atoms with E-state index in [0.717, 1.165) is 34.7 Å². The number of nitrogens with one attached hydrogen (secondary N) is 2. The van der Waals surface area contributed by atoms with E-state index in [1.807, 2.05) is 18.2 Å². The number of hydrogen-bond donors (Lipinski definition) is 2. The van der Waals surface area contributed by atoms with Crippen LogP contribution in [0, 0.1) is 0 Å². The number of aromatic nitrogens is 3. The first kappa shape index (κ1) is 20.8. The molecule has 0 spiro atoms. The first-order chi connectivity index (χ1) is 14.6. The Bertz CT molecular complexity index is 998. The van der Waals surface area contributed by atoms with Gasteiger partial charge in [-0.15, -0.1) is 0 Å². The summed E-state index contributed by atoms with van der Waals surface area (Å²) >= 11 is 3.41. The molecular weight excluding hydrogens is 446 g/mol. The van der Waals surface area contributed by atoms with Crippen LogP contribution in [-0.2, 0) is 11.2 Å². The predicted octanol–water partition coefficient (Wildman–Crippen LogP) is 3.61. The number of nitrogens with zero attached hydrogens (tertiary/aromatic N) is 3. The van der Waals surface area contributed by atoms with Crippen molar-refractivity contribution in [3.05, 3.63) is 52.4 Å². The first-order valence-electron chi connectivity index (χ1n) is 10.3. The maximum atomic E-state index is 12.5. The lowest BCUT2D eigenvalue weighted by molar-refractivity contribution is -0.121. The molecule has 1 amide bonds. The maximum absolute atomic E-state index is 12.5. The zero-order valence-corrected chi connectivity index (χ0v) is 18.6. The van der Waals surface area contributed by atoms with Crippen LogP contribution in [0.5, 0.6) is 5.75 Å². The van der Waals surface area contributed by atoms with E-state index in [1.165, 1.54) is 18.4 Å². The van der Waals surface area contributed by atoms with Crippen molar-refractivity contribution in [3.8, 4) is 5.75 Å². The largest absolute Gasteiger partial charge is 0.497 e. The number of imidazole rings is 1. The summed E-state index contributed by atoms with van der Waals surface area (Å²) in [4.78, 5) is 26.9. The molecule has 1 aliphatic rings. The molecule has 8 heteroatoms. The fraction of sp³-hybridized carbons (Fsp3) is 0.409. The summed E-state index contributed by atoms with van der Waals surface area (Å²) in [5.74, 6) is 1.65. The van der Waals surface area contributed by atoms with Crippen molar-refractivity contribution >= 4 is 33.0 Å². The molecule has 2 N–H and O–H groups in total. The van der Waals surface area contributed by atoms with E-state index in [0.29, 0.717) is 25.0 Å². The molecule has 7 nitrogen and oxygen atoms in total. The highest BCUT2D eigenvalue weighted by Gasteiger charge is 2.24. The van der Waals surface area contributed by atoms with E-state index in [2.05, 4.69) is 53.2 Å². The zero-order chi connectivity index (χ0) is 20.9. The van der Waals surface area contributed by atoms with E-state index < -0.39 is 0 Å². The van der Waals surface area contributed by atoms with E-state index >= 15 is 0 Å². The molecule has 0 aliphatic carbocycles. The molecule has 2 aromatic heterocycles. The van der Waals surface area contributed by atoms with E-state index in [4.69, 9.17) is 4.74 Å². The minimum absolute atomic E-state index is 0.0299. The molecule has 1 aromatic carbocycles. The fourth-order valence-corrected chi connectivity index (χ4v) is 4.24. The number of halogens is 1. The Hall–Kier alpha value is -2.45. The van der Waals surface area contributed by atoms with Crippen LogP contribution >= 0.6 is 15.9 Å². The number of hydrogen-bond acceptors (Lipinski definition) is 5. The van der Waals surface area contributed by atoms with Crippen LogP contribution < -0.4 is 10.1 Å².